The van der Waals surface area contributed by atoms with E-state index in [1.807, 2.05) is 25.4 Å². The molecule has 6 heteroatoms. The van der Waals surface area contributed by atoms with E-state index in [1.54, 1.807) is 10.9 Å². The Morgan fingerprint density at radius 2 is 1.89 bits per heavy atom. The molecule has 1 aromatic heterocycles. The molecule has 2 aromatic rings. The zero-order valence-electron chi connectivity index (χ0n) is 9.66. The van der Waals surface area contributed by atoms with Gasteiger partial charge in [0.1, 0.15) is 12.4 Å². The van der Waals surface area contributed by atoms with Gasteiger partial charge >= 0.3 is 0 Å². The molecule has 0 atom stereocenters. The van der Waals surface area contributed by atoms with Crippen LogP contribution in [0.5, 0.6) is 5.75 Å². The fourth-order valence-corrected chi connectivity index (χ4v) is 3.36. The van der Waals surface area contributed by atoms with Gasteiger partial charge in [0.2, 0.25) is 0 Å². The topological polar surface area (TPSA) is 27.1 Å². The van der Waals surface area contributed by atoms with Crippen molar-refractivity contribution in [1.82, 2.24) is 9.78 Å². The molecule has 0 N–H and O–H groups in total. The van der Waals surface area contributed by atoms with Crippen molar-refractivity contribution in [3.8, 4) is 5.75 Å². The van der Waals surface area contributed by atoms with Gasteiger partial charge in [-0.25, -0.2) is 0 Å². The number of rotatable bonds is 4. The van der Waals surface area contributed by atoms with Crippen molar-refractivity contribution in [2.45, 2.75) is 11.9 Å². The molecule has 0 saturated heterocycles. The predicted molar refractivity (Wildman–Crippen MR) is 82.0 cm³/mol. The summed E-state index contributed by atoms with van der Waals surface area (Å²) < 4.78 is 9.44. The summed E-state index contributed by atoms with van der Waals surface area (Å²) in [7, 11) is 1.89. The van der Waals surface area contributed by atoms with E-state index in [0.29, 0.717) is 6.61 Å². The van der Waals surface area contributed by atoms with Gasteiger partial charge in [-0.1, -0.05) is 15.9 Å². The Morgan fingerprint density at radius 1 is 1.22 bits per heavy atom. The molecule has 0 amide bonds. The number of hydrogen-bond donors (Lipinski definition) is 0. The molecule has 0 aliphatic carbocycles. The van der Waals surface area contributed by atoms with E-state index in [4.69, 9.17) is 4.74 Å². The number of benzene rings is 1. The number of aryl methyl sites for hydroxylation is 1. The molecule has 1 heterocycles. The number of alkyl halides is 1. The first kappa shape index (κ1) is 14.1. The summed E-state index contributed by atoms with van der Waals surface area (Å²) in [4.78, 5) is 0. The van der Waals surface area contributed by atoms with Crippen molar-refractivity contribution in [2.75, 3.05) is 0 Å². The molecule has 0 radical (unpaired) electrons. The fourth-order valence-electron chi connectivity index (χ4n) is 1.53. The molecular weight excluding hydrogens is 428 g/mol. The summed E-state index contributed by atoms with van der Waals surface area (Å²) in [6.07, 6.45) is 3.74. The van der Waals surface area contributed by atoms with E-state index in [-0.39, 0.29) is 0 Å². The van der Waals surface area contributed by atoms with Crippen LogP contribution in [-0.2, 0) is 19.0 Å². The number of hydrogen-bond acceptors (Lipinski definition) is 2. The summed E-state index contributed by atoms with van der Waals surface area (Å²) in [6, 6.07) is 4.08. The summed E-state index contributed by atoms with van der Waals surface area (Å²) in [5.74, 6) is 0.809. The Hall–Kier alpha value is -0.330. The van der Waals surface area contributed by atoms with Gasteiger partial charge in [-0.2, -0.15) is 5.10 Å². The lowest BCUT2D eigenvalue weighted by Gasteiger charge is -2.10. The first-order chi connectivity index (χ1) is 8.60. The molecule has 0 fully saturated rings. The van der Waals surface area contributed by atoms with Crippen LogP contribution in [0.15, 0.2) is 33.5 Å². The minimum absolute atomic E-state index is 0.499. The summed E-state index contributed by atoms with van der Waals surface area (Å²) in [5, 5.41) is 4.92. The van der Waals surface area contributed by atoms with Crippen LogP contribution in [0, 0.1) is 0 Å². The maximum absolute atomic E-state index is 5.80. The van der Waals surface area contributed by atoms with E-state index < -0.39 is 0 Å². The third-order valence-electron chi connectivity index (χ3n) is 2.35. The van der Waals surface area contributed by atoms with Crippen LogP contribution in [0.4, 0.5) is 0 Å². The molecule has 0 unspecified atom stereocenters. The maximum Gasteiger partial charge on any atom is 0.148 e. The van der Waals surface area contributed by atoms with Crippen LogP contribution in [0.1, 0.15) is 11.1 Å². The molecule has 0 bridgehead atoms. The van der Waals surface area contributed by atoms with Crippen molar-refractivity contribution in [1.29, 1.82) is 0 Å². The molecule has 2 rings (SSSR count). The Kier molecular flexibility index (Phi) is 4.86. The second-order valence-electron chi connectivity index (χ2n) is 3.83. The highest BCUT2D eigenvalue weighted by atomic mass is 79.9. The van der Waals surface area contributed by atoms with Crippen LogP contribution in [0.25, 0.3) is 0 Å². The quantitative estimate of drug-likeness (QED) is 0.661. The van der Waals surface area contributed by atoms with Gasteiger partial charge < -0.3 is 4.74 Å². The van der Waals surface area contributed by atoms with Gasteiger partial charge in [-0.05, 0) is 49.6 Å². The lowest BCUT2D eigenvalue weighted by atomic mass is 10.2. The third-order valence-corrected chi connectivity index (χ3v) is 4.18. The van der Waals surface area contributed by atoms with Gasteiger partial charge in [-0.3, -0.25) is 4.68 Å². The molecule has 3 nitrogen and oxygen atoms in total. The molecule has 96 valence electrons. The molecule has 0 spiro atoms. The summed E-state index contributed by atoms with van der Waals surface area (Å²) in [5.41, 5.74) is 2.23. The Bertz CT molecular complexity index is 531. The third kappa shape index (κ3) is 3.36. The number of aromatic nitrogens is 2. The number of halogens is 3. The lowest BCUT2D eigenvalue weighted by molar-refractivity contribution is 0.302. The van der Waals surface area contributed by atoms with Gasteiger partial charge in [-0.15, -0.1) is 0 Å². The summed E-state index contributed by atoms with van der Waals surface area (Å²) in [6.45, 7) is 0.499. The van der Waals surface area contributed by atoms with Gasteiger partial charge in [0.05, 0.1) is 15.1 Å². The lowest BCUT2D eigenvalue weighted by Crippen LogP contribution is -1.96. The SMILES string of the molecule is Cn1cc(COc2c(Br)cc(CBr)cc2Br)cn1. The first-order valence-corrected chi connectivity index (χ1v) is 7.95. The maximum atomic E-state index is 5.80. The second-order valence-corrected chi connectivity index (χ2v) is 6.10. The highest BCUT2D eigenvalue weighted by molar-refractivity contribution is 9.11. The highest BCUT2D eigenvalue weighted by Gasteiger charge is 2.09. The van der Waals surface area contributed by atoms with Crippen molar-refractivity contribution >= 4 is 47.8 Å². The standard InChI is InChI=1S/C12H11Br3N2O/c1-17-6-9(5-16-17)7-18-12-10(14)2-8(4-13)3-11(12)15/h2-3,5-6H,4,7H2,1H3. The number of ether oxygens (including phenoxy) is 1. The Morgan fingerprint density at radius 3 is 2.39 bits per heavy atom. The van der Waals surface area contributed by atoms with Crippen LogP contribution in [-0.4, -0.2) is 9.78 Å². The number of nitrogens with zero attached hydrogens (tertiary/aromatic N) is 2. The van der Waals surface area contributed by atoms with Crippen LogP contribution < -0.4 is 4.74 Å². The monoisotopic (exact) mass is 436 g/mol. The fraction of sp³-hybridized carbons (Fsp3) is 0.250. The van der Waals surface area contributed by atoms with Gasteiger partial charge in [0.25, 0.3) is 0 Å². The first-order valence-electron chi connectivity index (χ1n) is 5.24. The molecular formula is C12H11Br3N2O. The van der Waals surface area contributed by atoms with E-state index >= 15 is 0 Å². The van der Waals surface area contributed by atoms with Crippen LogP contribution in [0.2, 0.25) is 0 Å². The smallest absolute Gasteiger partial charge is 0.148 e. The van der Waals surface area contributed by atoms with E-state index in [0.717, 1.165) is 25.6 Å². The molecule has 0 aliphatic rings. The van der Waals surface area contributed by atoms with Crippen LogP contribution >= 0.6 is 47.8 Å². The Balaban J connectivity index is 2.14. The highest BCUT2D eigenvalue weighted by Crippen LogP contribution is 2.35. The minimum Gasteiger partial charge on any atom is -0.486 e. The average Bonchev–Trinajstić information content (AvgIpc) is 2.73. The molecule has 0 saturated carbocycles. The molecule has 18 heavy (non-hydrogen) atoms. The normalized spacial score (nSPS) is 10.7. The predicted octanol–water partition coefficient (Wildman–Crippen LogP) is 4.42. The van der Waals surface area contributed by atoms with Crippen molar-refractivity contribution in [3.05, 3.63) is 44.6 Å². The van der Waals surface area contributed by atoms with Gasteiger partial charge in [0, 0.05) is 24.1 Å². The second kappa shape index (κ2) is 6.21. The van der Waals surface area contributed by atoms with Gasteiger partial charge in [0.15, 0.2) is 0 Å². The largest absolute Gasteiger partial charge is 0.486 e. The van der Waals surface area contributed by atoms with Crippen molar-refractivity contribution in [2.24, 2.45) is 7.05 Å². The van der Waals surface area contributed by atoms with Crippen molar-refractivity contribution in [3.63, 3.8) is 0 Å². The van der Waals surface area contributed by atoms with E-state index in [1.165, 1.54) is 5.56 Å². The zero-order chi connectivity index (χ0) is 13.1. The van der Waals surface area contributed by atoms with E-state index in [9.17, 15) is 0 Å². The van der Waals surface area contributed by atoms with Crippen LogP contribution in [0.3, 0.4) is 0 Å². The zero-order valence-corrected chi connectivity index (χ0v) is 14.4. The minimum atomic E-state index is 0.499. The molecule has 0 aliphatic heterocycles. The molecule has 1 aromatic carbocycles. The van der Waals surface area contributed by atoms with E-state index in [2.05, 4.69) is 52.9 Å². The van der Waals surface area contributed by atoms with Crippen molar-refractivity contribution < 1.29 is 4.74 Å². The Labute approximate surface area is 131 Å². The average molecular weight is 439 g/mol. The summed E-state index contributed by atoms with van der Waals surface area (Å²) >= 11 is 10.5.